The van der Waals surface area contributed by atoms with Crippen molar-refractivity contribution in [3.05, 3.63) is 22.6 Å². The SMILES string of the molecule is COCCN(C)C[C@@H]1CCCN1C(=O)c1occc1Br. The number of furan rings is 1. The number of likely N-dealkylation sites (tertiary alicyclic amines) is 1. The Morgan fingerprint density at radius 1 is 1.65 bits per heavy atom. The number of likely N-dealkylation sites (N-methyl/N-ethyl adjacent to an activating group) is 1. The standard InChI is InChI=1S/C14H21BrN2O3/c1-16(7-9-19-2)10-11-4-3-6-17(11)14(18)13-12(15)5-8-20-13/h5,8,11H,3-4,6-7,9-10H2,1-2H3/t11-/m0/s1. The topological polar surface area (TPSA) is 45.9 Å². The van der Waals surface area contributed by atoms with E-state index in [0.717, 1.165) is 36.9 Å². The Morgan fingerprint density at radius 3 is 3.10 bits per heavy atom. The third kappa shape index (κ3) is 3.62. The molecule has 6 heteroatoms. The van der Waals surface area contributed by atoms with E-state index >= 15 is 0 Å². The zero-order valence-corrected chi connectivity index (χ0v) is 13.6. The summed E-state index contributed by atoms with van der Waals surface area (Å²) in [5.74, 6) is 0.376. The van der Waals surface area contributed by atoms with Crippen molar-refractivity contribution in [2.24, 2.45) is 0 Å². The summed E-state index contributed by atoms with van der Waals surface area (Å²) in [5.41, 5.74) is 0. The molecule has 2 rings (SSSR count). The highest BCUT2D eigenvalue weighted by molar-refractivity contribution is 9.10. The average molecular weight is 345 g/mol. The minimum Gasteiger partial charge on any atom is -0.458 e. The van der Waals surface area contributed by atoms with Crippen molar-refractivity contribution in [3.63, 3.8) is 0 Å². The number of carbonyl (C=O) groups excluding carboxylic acids is 1. The van der Waals surface area contributed by atoms with E-state index in [0.29, 0.717) is 12.4 Å². The number of halogens is 1. The van der Waals surface area contributed by atoms with Gasteiger partial charge in [-0.2, -0.15) is 0 Å². The number of amides is 1. The first-order valence-corrected chi connectivity index (χ1v) is 7.64. The summed E-state index contributed by atoms with van der Waals surface area (Å²) in [7, 11) is 3.76. The first-order valence-electron chi connectivity index (χ1n) is 6.85. The van der Waals surface area contributed by atoms with Gasteiger partial charge in [0, 0.05) is 32.8 Å². The van der Waals surface area contributed by atoms with Crippen molar-refractivity contribution in [2.45, 2.75) is 18.9 Å². The van der Waals surface area contributed by atoms with E-state index < -0.39 is 0 Å². The Bertz CT molecular complexity index is 449. The van der Waals surface area contributed by atoms with E-state index in [4.69, 9.17) is 9.15 Å². The number of rotatable bonds is 6. The molecule has 0 aliphatic carbocycles. The van der Waals surface area contributed by atoms with Crippen LogP contribution in [0.5, 0.6) is 0 Å². The molecule has 0 spiro atoms. The first kappa shape index (κ1) is 15.5. The molecule has 112 valence electrons. The van der Waals surface area contributed by atoms with Crippen LogP contribution in [0.15, 0.2) is 21.2 Å². The van der Waals surface area contributed by atoms with Crippen LogP contribution < -0.4 is 0 Å². The fourth-order valence-corrected chi connectivity index (χ4v) is 2.94. The molecule has 0 bridgehead atoms. The molecule has 5 nitrogen and oxygen atoms in total. The highest BCUT2D eigenvalue weighted by atomic mass is 79.9. The van der Waals surface area contributed by atoms with E-state index in [-0.39, 0.29) is 11.9 Å². The zero-order valence-electron chi connectivity index (χ0n) is 12.0. The Hall–Kier alpha value is -0.850. The monoisotopic (exact) mass is 344 g/mol. The average Bonchev–Trinajstić information content (AvgIpc) is 3.04. The van der Waals surface area contributed by atoms with Gasteiger partial charge in [0.15, 0.2) is 0 Å². The van der Waals surface area contributed by atoms with Gasteiger partial charge >= 0.3 is 0 Å². The molecule has 20 heavy (non-hydrogen) atoms. The first-order chi connectivity index (χ1) is 9.63. The van der Waals surface area contributed by atoms with Gasteiger partial charge in [-0.25, -0.2) is 0 Å². The molecule has 1 amide bonds. The number of hydrogen-bond acceptors (Lipinski definition) is 4. The molecule has 1 aliphatic heterocycles. The van der Waals surface area contributed by atoms with Crippen LogP contribution in [0, 0.1) is 0 Å². The second-order valence-electron chi connectivity index (χ2n) is 5.15. The van der Waals surface area contributed by atoms with Crippen LogP contribution in [-0.2, 0) is 4.74 Å². The third-order valence-corrected chi connectivity index (χ3v) is 4.27. The highest BCUT2D eigenvalue weighted by Gasteiger charge is 2.32. The van der Waals surface area contributed by atoms with Crippen LogP contribution in [-0.4, -0.2) is 62.1 Å². The van der Waals surface area contributed by atoms with Crippen molar-refractivity contribution in [1.29, 1.82) is 0 Å². The van der Waals surface area contributed by atoms with Gasteiger partial charge in [0.25, 0.3) is 5.91 Å². The Kier molecular flexibility index (Phi) is 5.63. The van der Waals surface area contributed by atoms with Crippen LogP contribution in [0.4, 0.5) is 0 Å². The van der Waals surface area contributed by atoms with Crippen LogP contribution in [0.3, 0.4) is 0 Å². The number of hydrogen-bond donors (Lipinski definition) is 0. The predicted molar refractivity (Wildman–Crippen MR) is 79.8 cm³/mol. The lowest BCUT2D eigenvalue weighted by Crippen LogP contribution is -2.42. The molecule has 1 aliphatic rings. The lowest BCUT2D eigenvalue weighted by molar-refractivity contribution is 0.0665. The van der Waals surface area contributed by atoms with Gasteiger partial charge in [-0.15, -0.1) is 0 Å². The minimum absolute atomic E-state index is 0.0236. The van der Waals surface area contributed by atoms with Gasteiger partial charge < -0.3 is 19.0 Å². The molecule has 0 saturated carbocycles. The molecule has 1 aromatic rings. The van der Waals surface area contributed by atoms with E-state index in [1.165, 1.54) is 6.26 Å². The van der Waals surface area contributed by atoms with E-state index in [2.05, 4.69) is 27.9 Å². The number of ether oxygens (including phenoxy) is 1. The summed E-state index contributed by atoms with van der Waals surface area (Å²) < 4.78 is 11.1. The van der Waals surface area contributed by atoms with Crippen molar-refractivity contribution in [2.75, 3.05) is 40.4 Å². The van der Waals surface area contributed by atoms with Crippen molar-refractivity contribution >= 4 is 21.8 Å². The molecular weight excluding hydrogens is 324 g/mol. The third-order valence-electron chi connectivity index (χ3n) is 3.65. The maximum atomic E-state index is 12.5. The number of carbonyl (C=O) groups is 1. The van der Waals surface area contributed by atoms with Gasteiger partial charge in [-0.05, 0) is 41.9 Å². The fourth-order valence-electron chi connectivity index (χ4n) is 2.57. The number of methoxy groups -OCH3 is 1. The van der Waals surface area contributed by atoms with Crippen LogP contribution in [0.1, 0.15) is 23.4 Å². The quantitative estimate of drug-likeness (QED) is 0.793. The second kappa shape index (κ2) is 7.24. The molecule has 0 aromatic carbocycles. The molecule has 1 atom stereocenters. The molecular formula is C14H21BrN2O3. The molecule has 0 unspecified atom stereocenters. The van der Waals surface area contributed by atoms with E-state index in [1.807, 2.05) is 4.90 Å². The normalized spacial score (nSPS) is 19.0. The molecule has 1 fully saturated rings. The molecule has 1 aromatic heterocycles. The molecule has 1 saturated heterocycles. The summed E-state index contributed by atoms with van der Waals surface area (Å²) in [6.07, 6.45) is 3.63. The van der Waals surface area contributed by atoms with E-state index in [9.17, 15) is 4.79 Å². The van der Waals surface area contributed by atoms with Gasteiger partial charge in [0.1, 0.15) is 0 Å². The van der Waals surface area contributed by atoms with Gasteiger partial charge in [0.2, 0.25) is 5.76 Å². The molecule has 2 heterocycles. The van der Waals surface area contributed by atoms with Gasteiger partial charge in [0.05, 0.1) is 17.3 Å². The van der Waals surface area contributed by atoms with E-state index in [1.54, 1.807) is 13.2 Å². The lowest BCUT2D eigenvalue weighted by Gasteiger charge is -2.28. The summed E-state index contributed by atoms with van der Waals surface area (Å²) >= 11 is 3.35. The van der Waals surface area contributed by atoms with Crippen molar-refractivity contribution in [3.8, 4) is 0 Å². The van der Waals surface area contributed by atoms with Crippen molar-refractivity contribution in [1.82, 2.24) is 9.80 Å². The maximum Gasteiger partial charge on any atom is 0.291 e. The second-order valence-corrected chi connectivity index (χ2v) is 6.00. The minimum atomic E-state index is -0.0236. The largest absolute Gasteiger partial charge is 0.458 e. The van der Waals surface area contributed by atoms with Crippen LogP contribution in [0.25, 0.3) is 0 Å². The summed E-state index contributed by atoms with van der Waals surface area (Å²) in [5, 5.41) is 0. The zero-order chi connectivity index (χ0) is 14.5. The summed E-state index contributed by atoms with van der Waals surface area (Å²) in [6, 6.07) is 2.00. The van der Waals surface area contributed by atoms with Gasteiger partial charge in [-0.3, -0.25) is 4.79 Å². The van der Waals surface area contributed by atoms with Crippen LogP contribution >= 0.6 is 15.9 Å². The van der Waals surface area contributed by atoms with Gasteiger partial charge in [-0.1, -0.05) is 0 Å². The van der Waals surface area contributed by atoms with Crippen LogP contribution in [0.2, 0.25) is 0 Å². The Balaban J connectivity index is 1.97. The van der Waals surface area contributed by atoms with Crippen molar-refractivity contribution < 1.29 is 13.9 Å². The smallest absolute Gasteiger partial charge is 0.291 e. The fraction of sp³-hybridized carbons (Fsp3) is 0.643. The Morgan fingerprint density at radius 2 is 2.45 bits per heavy atom. The highest BCUT2D eigenvalue weighted by Crippen LogP contribution is 2.25. The lowest BCUT2D eigenvalue weighted by atomic mass is 10.2. The predicted octanol–water partition coefficient (Wildman–Crippen LogP) is 2.22. The Labute approximate surface area is 128 Å². The summed E-state index contributed by atoms with van der Waals surface area (Å²) in [6.45, 7) is 3.25. The molecule has 0 N–H and O–H groups in total. The summed E-state index contributed by atoms with van der Waals surface area (Å²) in [4.78, 5) is 16.6. The molecule has 0 radical (unpaired) electrons. The maximum absolute atomic E-state index is 12.5. The number of nitrogens with zero attached hydrogens (tertiary/aromatic N) is 2.